The van der Waals surface area contributed by atoms with Gasteiger partial charge >= 0.3 is 0 Å². The first-order valence-electron chi connectivity index (χ1n) is 5.28. The van der Waals surface area contributed by atoms with Gasteiger partial charge in [0.05, 0.1) is 7.85 Å². The monoisotopic (exact) mass is 220 g/mol. The number of phenolic OH excluding ortho intramolecular Hbond substituents is 1. The van der Waals surface area contributed by atoms with Crippen molar-refractivity contribution >= 4 is 13.5 Å². The summed E-state index contributed by atoms with van der Waals surface area (Å²) >= 11 is 0. The maximum atomic E-state index is 9.68. The minimum Gasteiger partial charge on any atom is -0.508 e. The van der Waals surface area contributed by atoms with Crippen LogP contribution in [0.2, 0.25) is 0 Å². The molecule has 0 saturated carbocycles. The predicted molar refractivity (Wildman–Crippen MR) is 65.5 cm³/mol. The third-order valence-corrected chi connectivity index (χ3v) is 2.58. The largest absolute Gasteiger partial charge is 0.508 e. The Kier molecular flexibility index (Phi) is 4.64. The van der Waals surface area contributed by atoms with Crippen molar-refractivity contribution in [3.63, 3.8) is 0 Å². The van der Waals surface area contributed by atoms with Crippen LogP contribution in [0.25, 0.3) is 0 Å². The van der Waals surface area contributed by atoms with Crippen LogP contribution in [-0.2, 0) is 6.42 Å². The molecule has 0 aliphatic rings. The molecule has 0 bridgehead atoms. The number of aryl methyl sites for hydroxylation is 1. The number of rotatable bonds is 5. The number of aliphatic hydroxyl groups excluding tert-OH is 1. The molecule has 0 aromatic heterocycles. The average molecular weight is 220 g/mol. The Balaban J connectivity index is 3.06. The zero-order chi connectivity index (χ0) is 12.1. The fourth-order valence-corrected chi connectivity index (χ4v) is 1.67. The lowest BCUT2D eigenvalue weighted by atomic mass is 9.79. The number of phenols is 1. The van der Waals surface area contributed by atoms with Gasteiger partial charge in [0, 0.05) is 17.9 Å². The fourth-order valence-electron chi connectivity index (χ4n) is 1.67. The summed E-state index contributed by atoms with van der Waals surface area (Å²) in [4.78, 5) is 0. The highest BCUT2D eigenvalue weighted by Gasteiger charge is 2.14. The van der Waals surface area contributed by atoms with Gasteiger partial charge in [-0.05, 0) is 36.8 Å². The van der Waals surface area contributed by atoms with Crippen molar-refractivity contribution in [2.75, 3.05) is 18.9 Å². The van der Waals surface area contributed by atoms with Crippen LogP contribution in [0.15, 0.2) is 12.1 Å². The van der Waals surface area contributed by atoms with Gasteiger partial charge in [0.2, 0.25) is 0 Å². The zero-order valence-corrected chi connectivity index (χ0v) is 9.19. The fraction of sp³-hybridized carbons (Fsp3) is 0.455. The molecule has 2 radical (unpaired) electrons. The number of aliphatic hydroxyl groups is 1. The van der Waals surface area contributed by atoms with Crippen LogP contribution < -0.4 is 11.5 Å². The second-order valence-corrected chi connectivity index (χ2v) is 3.74. The molecular weight excluding hydrogens is 203 g/mol. The van der Waals surface area contributed by atoms with Crippen LogP contribution in [0.1, 0.15) is 23.4 Å². The van der Waals surface area contributed by atoms with Gasteiger partial charge in [-0.2, -0.15) is 0 Å². The van der Waals surface area contributed by atoms with E-state index in [2.05, 4.69) is 0 Å². The molecule has 0 aliphatic carbocycles. The van der Waals surface area contributed by atoms with Gasteiger partial charge < -0.3 is 21.7 Å². The van der Waals surface area contributed by atoms with Gasteiger partial charge in [-0.3, -0.25) is 0 Å². The standard InChI is InChI=1S/C11H17BN2O2/c12-8(6-13)10-9(16)4-3-7(11(10)14)2-1-5-15/h3-4,8,15-16H,1-2,5-6,13-14H2. The Bertz CT molecular complexity index is 358. The molecule has 0 aliphatic heterocycles. The zero-order valence-electron chi connectivity index (χ0n) is 9.19. The molecule has 6 N–H and O–H groups in total. The molecule has 0 amide bonds. The summed E-state index contributed by atoms with van der Waals surface area (Å²) in [5, 5.41) is 18.4. The van der Waals surface area contributed by atoms with Crippen LogP contribution in [0.3, 0.4) is 0 Å². The Labute approximate surface area is 96.7 Å². The van der Waals surface area contributed by atoms with E-state index in [-0.39, 0.29) is 18.9 Å². The SMILES string of the molecule is [B]C(CN)c1c(O)ccc(CCCO)c1N. The van der Waals surface area contributed by atoms with Crippen molar-refractivity contribution in [1.82, 2.24) is 0 Å². The predicted octanol–water partition coefficient (Wildman–Crippen LogP) is 0.0676. The molecule has 86 valence electrons. The van der Waals surface area contributed by atoms with Gasteiger partial charge in [0.1, 0.15) is 5.75 Å². The number of hydrogen-bond acceptors (Lipinski definition) is 4. The Morgan fingerprint density at radius 2 is 2.06 bits per heavy atom. The van der Waals surface area contributed by atoms with Crippen LogP contribution in [0.5, 0.6) is 5.75 Å². The third-order valence-electron chi connectivity index (χ3n) is 2.58. The number of benzene rings is 1. The highest BCUT2D eigenvalue weighted by molar-refractivity contribution is 6.13. The second kappa shape index (κ2) is 5.77. The molecule has 0 heterocycles. The summed E-state index contributed by atoms with van der Waals surface area (Å²) in [6.45, 7) is 0.333. The molecule has 1 unspecified atom stereocenters. The van der Waals surface area contributed by atoms with Crippen molar-refractivity contribution in [3.8, 4) is 5.75 Å². The van der Waals surface area contributed by atoms with Crippen LogP contribution in [-0.4, -0.2) is 31.2 Å². The quantitative estimate of drug-likeness (QED) is 0.417. The van der Waals surface area contributed by atoms with Crippen LogP contribution in [0, 0.1) is 0 Å². The maximum Gasteiger partial charge on any atom is 0.120 e. The normalized spacial score (nSPS) is 12.6. The molecule has 0 saturated heterocycles. The number of hydrogen-bond donors (Lipinski definition) is 4. The molecule has 4 nitrogen and oxygen atoms in total. The summed E-state index contributed by atoms with van der Waals surface area (Å²) in [6, 6.07) is 3.31. The summed E-state index contributed by atoms with van der Waals surface area (Å²) in [7, 11) is 5.78. The molecule has 0 spiro atoms. The van der Waals surface area contributed by atoms with E-state index in [1.807, 2.05) is 0 Å². The van der Waals surface area contributed by atoms with Gasteiger partial charge in [-0.25, -0.2) is 0 Å². The Morgan fingerprint density at radius 1 is 1.38 bits per heavy atom. The van der Waals surface area contributed by atoms with E-state index in [0.717, 1.165) is 5.56 Å². The number of nitrogen functional groups attached to an aromatic ring is 1. The minimum atomic E-state index is -0.464. The highest BCUT2D eigenvalue weighted by Crippen LogP contribution is 2.32. The molecule has 1 aromatic rings. The molecule has 5 heteroatoms. The first kappa shape index (κ1) is 12.9. The number of nitrogens with two attached hydrogens (primary N) is 2. The van der Waals surface area contributed by atoms with Crippen molar-refractivity contribution in [2.24, 2.45) is 5.73 Å². The van der Waals surface area contributed by atoms with Gasteiger partial charge in [-0.15, -0.1) is 0 Å². The van der Waals surface area contributed by atoms with E-state index in [4.69, 9.17) is 24.4 Å². The van der Waals surface area contributed by atoms with Crippen molar-refractivity contribution < 1.29 is 10.2 Å². The van der Waals surface area contributed by atoms with E-state index in [0.29, 0.717) is 24.1 Å². The topological polar surface area (TPSA) is 92.5 Å². The maximum absolute atomic E-state index is 9.68. The lowest BCUT2D eigenvalue weighted by Crippen LogP contribution is -2.15. The molecule has 0 fully saturated rings. The van der Waals surface area contributed by atoms with Crippen molar-refractivity contribution in [3.05, 3.63) is 23.3 Å². The summed E-state index contributed by atoms with van der Waals surface area (Å²) in [5.41, 5.74) is 13.2. The Morgan fingerprint density at radius 3 is 2.62 bits per heavy atom. The molecule has 1 rings (SSSR count). The number of anilines is 1. The van der Waals surface area contributed by atoms with Crippen LogP contribution in [0.4, 0.5) is 5.69 Å². The van der Waals surface area contributed by atoms with E-state index in [9.17, 15) is 5.11 Å². The minimum absolute atomic E-state index is 0.0724. The Hall–Kier alpha value is -1.20. The molecule has 16 heavy (non-hydrogen) atoms. The summed E-state index contributed by atoms with van der Waals surface area (Å²) in [6.07, 6.45) is 1.29. The smallest absolute Gasteiger partial charge is 0.120 e. The lowest BCUT2D eigenvalue weighted by Gasteiger charge is -2.17. The van der Waals surface area contributed by atoms with E-state index in [1.165, 1.54) is 0 Å². The molecule has 1 aromatic carbocycles. The van der Waals surface area contributed by atoms with E-state index < -0.39 is 5.82 Å². The lowest BCUT2D eigenvalue weighted by molar-refractivity contribution is 0.288. The van der Waals surface area contributed by atoms with E-state index >= 15 is 0 Å². The third kappa shape index (κ3) is 2.68. The molecular formula is C11H17BN2O2. The summed E-state index contributed by atoms with van der Waals surface area (Å²) in [5.74, 6) is -0.391. The van der Waals surface area contributed by atoms with E-state index in [1.54, 1.807) is 12.1 Å². The molecule has 1 atom stereocenters. The average Bonchev–Trinajstić information content (AvgIpc) is 2.28. The second-order valence-electron chi connectivity index (χ2n) is 3.74. The van der Waals surface area contributed by atoms with Gasteiger partial charge in [0.15, 0.2) is 0 Å². The summed E-state index contributed by atoms with van der Waals surface area (Å²) < 4.78 is 0. The first-order chi connectivity index (χ1) is 7.61. The highest BCUT2D eigenvalue weighted by atomic mass is 16.3. The van der Waals surface area contributed by atoms with Gasteiger partial charge in [0.25, 0.3) is 0 Å². The van der Waals surface area contributed by atoms with Crippen molar-refractivity contribution in [1.29, 1.82) is 0 Å². The first-order valence-corrected chi connectivity index (χ1v) is 5.28. The van der Waals surface area contributed by atoms with Crippen molar-refractivity contribution in [2.45, 2.75) is 18.7 Å². The van der Waals surface area contributed by atoms with Crippen LogP contribution >= 0.6 is 0 Å². The van der Waals surface area contributed by atoms with Gasteiger partial charge in [-0.1, -0.05) is 6.07 Å². The number of aromatic hydroxyl groups is 1.